The van der Waals surface area contributed by atoms with Crippen LogP contribution >= 0.6 is 11.8 Å². The second kappa shape index (κ2) is 7.93. The van der Waals surface area contributed by atoms with E-state index < -0.39 is 23.7 Å². The molecule has 1 aromatic carbocycles. The van der Waals surface area contributed by atoms with E-state index in [4.69, 9.17) is 9.84 Å². The number of carbonyl (C=O) groups is 2. The summed E-state index contributed by atoms with van der Waals surface area (Å²) in [7, 11) is 0. The number of nitrogens with one attached hydrogen (secondary N) is 1. The van der Waals surface area contributed by atoms with E-state index in [0.717, 1.165) is 5.56 Å². The number of phenolic OH excluding ortho intramolecular Hbond substituents is 1. The van der Waals surface area contributed by atoms with Gasteiger partial charge in [-0.25, -0.2) is 9.59 Å². The van der Waals surface area contributed by atoms with Gasteiger partial charge in [-0.1, -0.05) is 12.1 Å². The van der Waals surface area contributed by atoms with Crippen LogP contribution in [0.3, 0.4) is 0 Å². The number of hydrogen-bond donors (Lipinski definition) is 3. The zero-order chi connectivity index (χ0) is 16.8. The molecule has 1 unspecified atom stereocenters. The summed E-state index contributed by atoms with van der Waals surface area (Å²) in [4.78, 5) is 22.8. The Bertz CT molecular complexity index is 527. The molecule has 3 N–H and O–H groups in total. The molecule has 1 aromatic rings. The quantitative estimate of drug-likeness (QED) is 0.743. The molecule has 1 atom stereocenters. The van der Waals surface area contributed by atoms with Crippen LogP contribution in [0.25, 0.3) is 0 Å². The van der Waals surface area contributed by atoms with Crippen LogP contribution < -0.4 is 5.32 Å². The number of carboxylic acid groups (broad SMARTS) is 1. The van der Waals surface area contributed by atoms with Crippen molar-refractivity contribution in [3.63, 3.8) is 0 Å². The number of rotatable bonds is 6. The van der Waals surface area contributed by atoms with E-state index in [2.05, 4.69) is 5.32 Å². The van der Waals surface area contributed by atoms with Gasteiger partial charge in [0, 0.05) is 11.5 Å². The van der Waals surface area contributed by atoms with Crippen molar-refractivity contribution in [3.05, 3.63) is 29.8 Å². The minimum Gasteiger partial charge on any atom is -0.508 e. The number of amides is 1. The lowest BCUT2D eigenvalue weighted by Gasteiger charge is -2.21. The summed E-state index contributed by atoms with van der Waals surface area (Å²) in [5.41, 5.74) is 0.202. The molecule has 0 aliphatic heterocycles. The summed E-state index contributed by atoms with van der Waals surface area (Å²) in [5.74, 6) is -0.215. The number of ether oxygens (including phenoxy) is 1. The molecule has 0 fully saturated rings. The van der Waals surface area contributed by atoms with E-state index in [9.17, 15) is 14.7 Å². The van der Waals surface area contributed by atoms with Crippen LogP contribution in [-0.2, 0) is 15.3 Å². The number of thioether (sulfide) groups is 1. The lowest BCUT2D eigenvalue weighted by molar-refractivity contribution is -0.138. The van der Waals surface area contributed by atoms with Gasteiger partial charge in [0.25, 0.3) is 0 Å². The minimum absolute atomic E-state index is 0.166. The van der Waals surface area contributed by atoms with Gasteiger partial charge in [-0.2, -0.15) is 11.8 Å². The minimum atomic E-state index is -1.12. The first-order chi connectivity index (χ1) is 10.2. The molecular formula is C15H21NO5S. The molecule has 0 aliphatic rings. The highest BCUT2D eigenvalue weighted by Gasteiger charge is 2.23. The Morgan fingerprint density at radius 1 is 1.36 bits per heavy atom. The van der Waals surface area contributed by atoms with E-state index in [1.54, 1.807) is 39.0 Å². The van der Waals surface area contributed by atoms with Gasteiger partial charge in [0.2, 0.25) is 0 Å². The predicted octanol–water partition coefficient (Wildman–Crippen LogP) is 2.60. The predicted molar refractivity (Wildman–Crippen MR) is 85.1 cm³/mol. The molecule has 1 amide bonds. The summed E-state index contributed by atoms with van der Waals surface area (Å²) in [5, 5.41) is 20.8. The highest BCUT2D eigenvalue weighted by atomic mass is 32.2. The van der Waals surface area contributed by atoms with Gasteiger partial charge in [0.1, 0.15) is 17.4 Å². The lowest BCUT2D eigenvalue weighted by Crippen LogP contribution is -2.44. The maximum Gasteiger partial charge on any atom is 0.408 e. The molecule has 6 nitrogen and oxygen atoms in total. The Morgan fingerprint density at radius 3 is 2.59 bits per heavy atom. The maximum absolute atomic E-state index is 11.6. The average Bonchev–Trinajstić information content (AvgIpc) is 2.35. The first kappa shape index (κ1) is 18.2. The van der Waals surface area contributed by atoms with E-state index in [1.165, 1.54) is 11.8 Å². The Labute approximate surface area is 133 Å². The molecule has 122 valence electrons. The van der Waals surface area contributed by atoms with Crippen molar-refractivity contribution in [2.24, 2.45) is 0 Å². The van der Waals surface area contributed by atoms with Crippen molar-refractivity contribution in [2.75, 3.05) is 5.75 Å². The summed E-state index contributed by atoms with van der Waals surface area (Å²) in [6.07, 6.45) is -0.752. The molecule has 7 heteroatoms. The largest absolute Gasteiger partial charge is 0.508 e. The Balaban J connectivity index is 2.48. The molecule has 1 rings (SSSR count). The first-order valence-corrected chi connectivity index (χ1v) is 7.91. The third kappa shape index (κ3) is 7.21. The number of hydrogen-bond acceptors (Lipinski definition) is 5. The van der Waals surface area contributed by atoms with Crippen LogP contribution in [0.5, 0.6) is 5.75 Å². The standard InChI is InChI=1S/C15H21NO5S/c1-15(2,3)21-14(20)16-12(13(18)19)9-22-8-10-5-4-6-11(17)7-10/h4-7,12,17H,8-9H2,1-3H3,(H,16,20)(H,18,19). The average molecular weight is 327 g/mol. The third-order valence-corrected chi connectivity index (χ3v) is 3.56. The fourth-order valence-electron chi connectivity index (χ4n) is 1.57. The van der Waals surface area contributed by atoms with Crippen molar-refractivity contribution in [1.29, 1.82) is 0 Å². The smallest absolute Gasteiger partial charge is 0.408 e. The molecule has 0 heterocycles. The van der Waals surface area contributed by atoms with Gasteiger partial charge in [0.05, 0.1) is 0 Å². The van der Waals surface area contributed by atoms with Crippen LogP contribution in [-0.4, -0.2) is 39.7 Å². The summed E-state index contributed by atoms with van der Waals surface area (Å²) < 4.78 is 5.04. The molecular weight excluding hydrogens is 306 g/mol. The molecule has 0 saturated carbocycles. The topological polar surface area (TPSA) is 95.9 Å². The fraction of sp³-hybridized carbons (Fsp3) is 0.467. The molecule has 0 spiro atoms. The number of alkyl carbamates (subject to hydrolysis) is 1. The fourth-order valence-corrected chi connectivity index (χ4v) is 2.56. The number of carbonyl (C=O) groups excluding carboxylic acids is 1. The maximum atomic E-state index is 11.6. The summed E-state index contributed by atoms with van der Waals surface area (Å²) in [6.45, 7) is 5.12. The van der Waals surface area contributed by atoms with E-state index >= 15 is 0 Å². The Kier molecular flexibility index (Phi) is 6.55. The second-order valence-corrected chi connectivity index (χ2v) is 6.75. The molecule has 0 bridgehead atoms. The van der Waals surface area contributed by atoms with E-state index in [-0.39, 0.29) is 11.5 Å². The first-order valence-electron chi connectivity index (χ1n) is 6.75. The zero-order valence-electron chi connectivity index (χ0n) is 12.8. The van der Waals surface area contributed by atoms with Gasteiger partial charge in [0.15, 0.2) is 0 Å². The highest BCUT2D eigenvalue weighted by Crippen LogP contribution is 2.17. The highest BCUT2D eigenvalue weighted by molar-refractivity contribution is 7.98. The van der Waals surface area contributed by atoms with Crippen molar-refractivity contribution >= 4 is 23.8 Å². The SMILES string of the molecule is CC(C)(C)OC(=O)NC(CSCc1cccc(O)c1)C(=O)O. The van der Waals surface area contributed by atoms with Gasteiger partial charge in [-0.15, -0.1) is 0 Å². The van der Waals surface area contributed by atoms with Gasteiger partial charge < -0.3 is 20.3 Å². The van der Waals surface area contributed by atoms with Gasteiger partial charge >= 0.3 is 12.1 Å². The zero-order valence-corrected chi connectivity index (χ0v) is 13.6. The molecule has 0 aliphatic carbocycles. The number of carboxylic acids is 1. The van der Waals surface area contributed by atoms with Gasteiger partial charge in [-0.05, 0) is 38.5 Å². The lowest BCUT2D eigenvalue weighted by atomic mass is 10.2. The van der Waals surface area contributed by atoms with Crippen LogP contribution in [0, 0.1) is 0 Å². The van der Waals surface area contributed by atoms with Crippen molar-refractivity contribution in [3.8, 4) is 5.75 Å². The molecule has 22 heavy (non-hydrogen) atoms. The molecule has 0 saturated heterocycles. The molecule has 0 aromatic heterocycles. The van der Waals surface area contributed by atoms with E-state index in [0.29, 0.717) is 5.75 Å². The van der Waals surface area contributed by atoms with Gasteiger partial charge in [-0.3, -0.25) is 0 Å². The number of benzene rings is 1. The van der Waals surface area contributed by atoms with Crippen LogP contribution in [0.1, 0.15) is 26.3 Å². The van der Waals surface area contributed by atoms with Crippen LogP contribution in [0.4, 0.5) is 4.79 Å². The number of aromatic hydroxyl groups is 1. The number of phenols is 1. The normalized spacial score (nSPS) is 12.5. The number of aliphatic carboxylic acids is 1. The van der Waals surface area contributed by atoms with E-state index in [1.807, 2.05) is 6.07 Å². The van der Waals surface area contributed by atoms with Crippen LogP contribution in [0.15, 0.2) is 24.3 Å². The van der Waals surface area contributed by atoms with Crippen molar-refractivity contribution in [1.82, 2.24) is 5.32 Å². The van der Waals surface area contributed by atoms with Crippen molar-refractivity contribution in [2.45, 2.75) is 38.2 Å². The second-order valence-electron chi connectivity index (χ2n) is 5.72. The molecule has 0 radical (unpaired) electrons. The monoisotopic (exact) mass is 327 g/mol. The summed E-state index contributed by atoms with van der Waals surface area (Å²) in [6, 6.07) is 5.71. The Morgan fingerprint density at radius 2 is 2.05 bits per heavy atom. The third-order valence-electron chi connectivity index (χ3n) is 2.45. The summed E-state index contributed by atoms with van der Waals surface area (Å²) >= 11 is 1.35. The van der Waals surface area contributed by atoms with Crippen LogP contribution in [0.2, 0.25) is 0 Å². The van der Waals surface area contributed by atoms with Crippen molar-refractivity contribution < 1.29 is 24.5 Å². The Hall–Kier alpha value is -1.89.